The number of piperidine rings is 1. The lowest BCUT2D eigenvalue weighted by molar-refractivity contribution is 0.0621. The largest absolute Gasteiger partial charge is 0.332 e. The van der Waals surface area contributed by atoms with E-state index in [9.17, 15) is 13.6 Å². The summed E-state index contributed by atoms with van der Waals surface area (Å²) < 4.78 is 27.6. The highest BCUT2D eigenvalue weighted by molar-refractivity contribution is 5.96. The summed E-state index contributed by atoms with van der Waals surface area (Å²) in [7, 11) is 1.58. The second-order valence-electron chi connectivity index (χ2n) is 6.97. The Hall–Kier alpha value is -1.72. The molecule has 1 aromatic rings. The molecule has 1 aromatic heterocycles. The normalized spacial score (nSPS) is 26.9. The van der Waals surface area contributed by atoms with E-state index in [0.717, 1.165) is 25.7 Å². The predicted octanol–water partition coefficient (Wildman–Crippen LogP) is 3.61. The third kappa shape index (κ3) is 2.39. The van der Waals surface area contributed by atoms with Gasteiger partial charge in [0.05, 0.1) is 5.56 Å². The summed E-state index contributed by atoms with van der Waals surface area (Å²) in [5.74, 6) is -0.265. The van der Waals surface area contributed by atoms with Crippen molar-refractivity contribution in [2.24, 2.45) is 7.05 Å². The van der Waals surface area contributed by atoms with E-state index in [2.05, 4.69) is 5.10 Å². The van der Waals surface area contributed by atoms with Gasteiger partial charge in [0.1, 0.15) is 5.69 Å². The van der Waals surface area contributed by atoms with Gasteiger partial charge in [-0.2, -0.15) is 5.10 Å². The molecule has 0 aromatic carbocycles. The van der Waals surface area contributed by atoms with Crippen molar-refractivity contribution in [2.75, 3.05) is 0 Å². The standard InChI is InChI=1S/C17H21F2N3O/c1-21-9-14(15(20-21)16(18)19)17(23)22-12-5-6-13(22)8-11(7-12)10-3-2-4-10/h9,12-13,16H,2-8H2,1H3. The van der Waals surface area contributed by atoms with Gasteiger partial charge in [-0.25, -0.2) is 8.78 Å². The molecule has 0 radical (unpaired) electrons. The fourth-order valence-corrected chi connectivity index (χ4v) is 4.31. The molecule has 4 rings (SSSR count). The first-order valence-electron chi connectivity index (χ1n) is 8.38. The lowest BCUT2D eigenvalue weighted by Gasteiger charge is -2.38. The Morgan fingerprint density at radius 1 is 1.22 bits per heavy atom. The number of rotatable bonds is 2. The molecule has 1 saturated carbocycles. The smallest absolute Gasteiger partial charge is 0.282 e. The monoisotopic (exact) mass is 321 g/mol. The lowest BCUT2D eigenvalue weighted by Crippen LogP contribution is -2.45. The molecule has 1 aliphatic carbocycles. The zero-order valence-electron chi connectivity index (χ0n) is 13.3. The molecule has 3 heterocycles. The fourth-order valence-electron chi connectivity index (χ4n) is 4.31. The topological polar surface area (TPSA) is 38.1 Å². The molecule has 2 saturated heterocycles. The molecule has 4 nitrogen and oxygen atoms in total. The van der Waals surface area contributed by atoms with Crippen LogP contribution in [-0.4, -0.2) is 32.7 Å². The summed E-state index contributed by atoms with van der Waals surface area (Å²) in [5, 5.41) is 3.77. The van der Waals surface area contributed by atoms with Crippen molar-refractivity contribution in [1.82, 2.24) is 14.7 Å². The van der Waals surface area contributed by atoms with Crippen LogP contribution in [0.15, 0.2) is 17.3 Å². The molecular weight excluding hydrogens is 300 g/mol. The van der Waals surface area contributed by atoms with E-state index >= 15 is 0 Å². The number of carbonyl (C=O) groups is 1. The van der Waals surface area contributed by atoms with Gasteiger partial charge < -0.3 is 4.90 Å². The molecule has 2 bridgehead atoms. The number of carbonyl (C=O) groups excluding carboxylic acids is 1. The van der Waals surface area contributed by atoms with Crippen LogP contribution in [0.25, 0.3) is 0 Å². The second-order valence-corrected chi connectivity index (χ2v) is 6.97. The molecule has 0 N–H and O–H groups in total. The van der Waals surface area contributed by atoms with Crippen LogP contribution in [0.1, 0.15) is 67.4 Å². The van der Waals surface area contributed by atoms with Gasteiger partial charge in [-0.15, -0.1) is 0 Å². The third-order valence-corrected chi connectivity index (χ3v) is 5.57. The molecule has 2 unspecified atom stereocenters. The van der Waals surface area contributed by atoms with Crippen LogP contribution < -0.4 is 0 Å². The summed E-state index contributed by atoms with van der Waals surface area (Å²) >= 11 is 0. The molecule has 6 heteroatoms. The fraction of sp³-hybridized carbons (Fsp3) is 0.647. The highest BCUT2D eigenvalue weighted by atomic mass is 19.3. The summed E-state index contributed by atoms with van der Waals surface area (Å²) in [6.45, 7) is 0. The summed E-state index contributed by atoms with van der Waals surface area (Å²) in [5.41, 5.74) is 2.80. The van der Waals surface area contributed by atoms with Crippen molar-refractivity contribution in [3.63, 3.8) is 0 Å². The zero-order valence-corrected chi connectivity index (χ0v) is 13.3. The van der Waals surface area contributed by atoms with Gasteiger partial charge >= 0.3 is 0 Å². The summed E-state index contributed by atoms with van der Waals surface area (Å²) in [6.07, 6.45) is 6.25. The van der Waals surface area contributed by atoms with Crippen LogP contribution in [0, 0.1) is 0 Å². The van der Waals surface area contributed by atoms with Gasteiger partial charge in [0.15, 0.2) is 0 Å². The highest BCUT2D eigenvalue weighted by Crippen LogP contribution is 2.44. The minimum absolute atomic E-state index is 0.0687. The Balaban J connectivity index is 1.61. The molecule has 0 spiro atoms. The van der Waals surface area contributed by atoms with Crippen molar-refractivity contribution < 1.29 is 13.6 Å². The molecule has 2 atom stereocenters. The quantitative estimate of drug-likeness (QED) is 0.781. The van der Waals surface area contributed by atoms with Gasteiger partial charge in [0.25, 0.3) is 12.3 Å². The Kier molecular flexibility index (Phi) is 3.50. The number of hydrogen-bond donors (Lipinski definition) is 0. The van der Waals surface area contributed by atoms with Crippen molar-refractivity contribution in [1.29, 1.82) is 0 Å². The molecule has 1 amide bonds. The Bertz CT molecular complexity index is 657. The van der Waals surface area contributed by atoms with E-state index in [1.807, 2.05) is 4.90 Å². The van der Waals surface area contributed by atoms with Crippen LogP contribution in [0.2, 0.25) is 0 Å². The second kappa shape index (κ2) is 5.42. The van der Waals surface area contributed by atoms with E-state index in [0.29, 0.717) is 0 Å². The number of fused-ring (bicyclic) bond motifs is 2. The first-order chi connectivity index (χ1) is 11.0. The third-order valence-electron chi connectivity index (χ3n) is 5.57. The van der Waals surface area contributed by atoms with Gasteiger partial charge in [-0.3, -0.25) is 9.48 Å². The lowest BCUT2D eigenvalue weighted by atomic mass is 9.82. The summed E-state index contributed by atoms with van der Waals surface area (Å²) in [6, 6.07) is 0.352. The molecule has 2 aliphatic heterocycles. The SMILES string of the molecule is Cn1cc(C(=O)N2C3CCC2CC(=C2CCC2)C3)c(C(F)F)n1. The number of allylic oxidation sites excluding steroid dienone is 1. The average molecular weight is 321 g/mol. The number of alkyl halides is 2. The van der Waals surface area contributed by atoms with Gasteiger partial charge in [0, 0.05) is 25.3 Å². The number of aryl methyl sites for hydroxylation is 1. The van der Waals surface area contributed by atoms with E-state index in [-0.39, 0.29) is 29.2 Å². The van der Waals surface area contributed by atoms with Crippen molar-refractivity contribution in [3.8, 4) is 0 Å². The first-order valence-corrected chi connectivity index (χ1v) is 8.38. The van der Waals surface area contributed by atoms with Crippen molar-refractivity contribution in [2.45, 2.75) is 63.5 Å². The van der Waals surface area contributed by atoms with Gasteiger partial charge in [-0.1, -0.05) is 11.1 Å². The number of halogens is 2. The number of hydrogen-bond acceptors (Lipinski definition) is 2. The minimum atomic E-state index is -2.72. The number of amides is 1. The minimum Gasteiger partial charge on any atom is -0.332 e. The Morgan fingerprint density at radius 2 is 1.87 bits per heavy atom. The first kappa shape index (κ1) is 14.8. The van der Waals surface area contributed by atoms with E-state index in [1.165, 1.54) is 35.7 Å². The zero-order chi connectivity index (χ0) is 16.1. The van der Waals surface area contributed by atoms with Crippen molar-refractivity contribution in [3.05, 3.63) is 28.6 Å². The van der Waals surface area contributed by atoms with Gasteiger partial charge in [0.2, 0.25) is 0 Å². The number of aromatic nitrogens is 2. The van der Waals surface area contributed by atoms with E-state index in [1.54, 1.807) is 12.6 Å². The maximum atomic E-state index is 13.1. The Morgan fingerprint density at radius 3 is 2.39 bits per heavy atom. The molecule has 124 valence electrons. The van der Waals surface area contributed by atoms with Gasteiger partial charge in [-0.05, 0) is 44.9 Å². The number of nitrogens with zero attached hydrogens (tertiary/aromatic N) is 3. The summed E-state index contributed by atoms with van der Waals surface area (Å²) in [4.78, 5) is 14.7. The van der Waals surface area contributed by atoms with Crippen molar-refractivity contribution >= 4 is 5.91 Å². The van der Waals surface area contributed by atoms with Crippen LogP contribution in [0.5, 0.6) is 0 Å². The molecular formula is C17H21F2N3O. The van der Waals surface area contributed by atoms with E-state index in [4.69, 9.17) is 0 Å². The average Bonchev–Trinajstić information content (AvgIpc) is 2.95. The predicted molar refractivity (Wildman–Crippen MR) is 81.3 cm³/mol. The van der Waals surface area contributed by atoms with Crippen LogP contribution in [0.4, 0.5) is 8.78 Å². The molecule has 23 heavy (non-hydrogen) atoms. The van der Waals surface area contributed by atoms with Crippen LogP contribution >= 0.6 is 0 Å². The molecule has 3 aliphatic rings. The highest BCUT2D eigenvalue weighted by Gasteiger charge is 2.43. The van der Waals surface area contributed by atoms with Crippen LogP contribution in [0.3, 0.4) is 0 Å². The van der Waals surface area contributed by atoms with E-state index < -0.39 is 6.43 Å². The Labute approximate surface area is 134 Å². The molecule has 3 fully saturated rings. The van der Waals surface area contributed by atoms with Crippen LogP contribution in [-0.2, 0) is 7.05 Å². The maximum absolute atomic E-state index is 13.1. The maximum Gasteiger partial charge on any atom is 0.282 e.